The summed E-state index contributed by atoms with van der Waals surface area (Å²) in [6, 6.07) is 9.21. The van der Waals surface area contributed by atoms with Crippen molar-refractivity contribution in [2.24, 2.45) is 0 Å². The van der Waals surface area contributed by atoms with E-state index in [0.717, 1.165) is 51.8 Å². The summed E-state index contributed by atoms with van der Waals surface area (Å²) < 4.78 is 14.9. The van der Waals surface area contributed by atoms with Crippen LogP contribution in [0.3, 0.4) is 0 Å². The molecule has 0 aromatic heterocycles. The van der Waals surface area contributed by atoms with E-state index < -0.39 is 30.9 Å². The molecular weight excluding hydrogens is 447 g/mol. The molecule has 0 saturated carbocycles. The molecule has 0 aliphatic carbocycles. The summed E-state index contributed by atoms with van der Waals surface area (Å²) in [6.07, 6.45) is 5.72. The van der Waals surface area contributed by atoms with E-state index in [-0.39, 0.29) is 5.97 Å². The number of carbonyl (C=O) groups is 2. The average molecular weight is 483 g/mol. The minimum absolute atomic E-state index is 0.365. The second-order valence-electron chi connectivity index (χ2n) is 7.31. The fraction of sp³-hybridized carbons (Fsp3) is 0.636. The number of unbranched alkanes of at least 4 members (excludes halogenated alkanes) is 3. The first-order valence-electron chi connectivity index (χ1n) is 10.4. The molecule has 0 aliphatic heterocycles. The van der Waals surface area contributed by atoms with E-state index in [1.807, 2.05) is 30.3 Å². The number of hydrogen-bond acceptors (Lipinski definition) is 4. The van der Waals surface area contributed by atoms with E-state index in [4.69, 9.17) is 7.81 Å². The van der Waals surface area contributed by atoms with Crippen LogP contribution in [0.15, 0.2) is 30.3 Å². The van der Waals surface area contributed by atoms with Crippen LogP contribution in [0, 0.1) is 0 Å². The predicted octanol–water partition coefficient (Wildman–Crippen LogP) is 6.18. The maximum atomic E-state index is 13.1. The van der Waals surface area contributed by atoms with E-state index in [9.17, 15) is 9.59 Å². The number of ether oxygens (including phenoxy) is 1. The third kappa shape index (κ3) is 8.67. The summed E-state index contributed by atoms with van der Waals surface area (Å²) in [7, 11) is 0. The molecule has 0 unspecified atom stereocenters. The summed E-state index contributed by atoms with van der Waals surface area (Å²) in [4.78, 5) is 24.7. The molecule has 1 aromatic rings. The molecule has 0 spiro atoms. The molecule has 0 radical (unpaired) electrons. The fourth-order valence-corrected chi connectivity index (χ4v) is 16.4. The molecule has 0 N–H and O–H groups in total. The van der Waals surface area contributed by atoms with Gasteiger partial charge in [-0.25, -0.2) is 0 Å². The van der Waals surface area contributed by atoms with Crippen LogP contribution in [0.1, 0.15) is 77.9 Å². The molecule has 152 valence electrons. The normalized spacial score (nSPS) is 12.4. The molecule has 0 bridgehead atoms. The van der Waals surface area contributed by atoms with Crippen molar-refractivity contribution in [3.63, 3.8) is 0 Å². The van der Waals surface area contributed by atoms with Gasteiger partial charge in [0, 0.05) is 0 Å². The van der Waals surface area contributed by atoms with Gasteiger partial charge in [0.2, 0.25) is 0 Å². The third-order valence-corrected chi connectivity index (χ3v) is 17.5. The van der Waals surface area contributed by atoms with Gasteiger partial charge in [0.05, 0.1) is 0 Å². The van der Waals surface area contributed by atoms with E-state index in [1.54, 1.807) is 0 Å². The molecule has 1 rings (SSSR count). The van der Waals surface area contributed by atoms with Crippen molar-refractivity contribution in [1.29, 1.82) is 0 Å². The van der Waals surface area contributed by atoms with Crippen molar-refractivity contribution < 1.29 is 17.4 Å². The number of benzene rings is 1. The van der Waals surface area contributed by atoms with E-state index in [2.05, 4.69) is 20.8 Å². The summed E-state index contributed by atoms with van der Waals surface area (Å²) >= 11 is -3.10. The van der Waals surface area contributed by atoms with Crippen LogP contribution in [0.2, 0.25) is 13.3 Å². The van der Waals surface area contributed by atoms with Gasteiger partial charge in [-0.15, -0.1) is 0 Å². The Labute approximate surface area is 169 Å². The van der Waals surface area contributed by atoms with Crippen molar-refractivity contribution in [1.82, 2.24) is 0 Å². The van der Waals surface area contributed by atoms with Crippen LogP contribution >= 0.6 is 0 Å². The summed E-state index contributed by atoms with van der Waals surface area (Å²) in [5, 5.41) is 0. The molecule has 1 atom stereocenters. The minimum atomic E-state index is -3.10. The summed E-state index contributed by atoms with van der Waals surface area (Å²) in [5.74, 6) is -0.826. The Bertz CT molecular complexity index is 537. The first-order valence-corrected chi connectivity index (χ1v) is 17.6. The average Bonchev–Trinajstić information content (AvgIpc) is 2.67. The van der Waals surface area contributed by atoms with Gasteiger partial charge in [-0.2, -0.15) is 0 Å². The zero-order chi connectivity index (χ0) is 20.1. The van der Waals surface area contributed by atoms with Crippen molar-refractivity contribution >= 4 is 30.7 Å². The first-order chi connectivity index (χ1) is 13.0. The standard InChI is InChI=1S/C10H10O4.3C4H9.Sn/c1-7(11)14-9(10(12)13)8-5-3-2-4-6-8;3*1-3-4-2;/h2-6,9H,1H3,(H,12,13);3*1,3-4H2,2H3;/q;;;;+1/p-1/t9-;;;;/m1..../s1. The van der Waals surface area contributed by atoms with Crippen molar-refractivity contribution in [3.8, 4) is 0 Å². The quantitative estimate of drug-likeness (QED) is 0.249. The van der Waals surface area contributed by atoms with Crippen LogP contribution < -0.4 is 0 Å². The zero-order valence-corrected chi connectivity index (χ0v) is 20.3. The van der Waals surface area contributed by atoms with Crippen LogP contribution in [0.4, 0.5) is 0 Å². The van der Waals surface area contributed by atoms with Gasteiger partial charge in [-0.1, -0.05) is 0 Å². The second-order valence-corrected chi connectivity index (χ2v) is 18.9. The molecule has 0 fully saturated rings. The Balaban J connectivity index is 3.08. The van der Waals surface area contributed by atoms with Crippen LogP contribution in [0.25, 0.3) is 0 Å². The van der Waals surface area contributed by atoms with Gasteiger partial charge in [-0.05, 0) is 0 Å². The Morgan fingerprint density at radius 3 is 1.78 bits per heavy atom. The van der Waals surface area contributed by atoms with Gasteiger partial charge in [0.15, 0.2) is 0 Å². The SMILES string of the molecule is CCC[CH2][Sn]([CH2]CCC)([CH2]CCC)[O]C(=O)[C@H](OC(C)=O)c1ccccc1. The van der Waals surface area contributed by atoms with Gasteiger partial charge < -0.3 is 0 Å². The molecule has 27 heavy (non-hydrogen) atoms. The van der Waals surface area contributed by atoms with E-state index in [0.29, 0.717) is 5.56 Å². The van der Waals surface area contributed by atoms with Crippen molar-refractivity contribution in [2.75, 3.05) is 0 Å². The van der Waals surface area contributed by atoms with Gasteiger partial charge in [-0.3, -0.25) is 0 Å². The monoisotopic (exact) mass is 484 g/mol. The predicted molar refractivity (Wildman–Crippen MR) is 112 cm³/mol. The van der Waals surface area contributed by atoms with Gasteiger partial charge in [0.25, 0.3) is 0 Å². The zero-order valence-electron chi connectivity index (χ0n) is 17.5. The molecule has 4 nitrogen and oxygen atoms in total. The number of carbonyl (C=O) groups excluding carboxylic acids is 2. The summed E-state index contributed by atoms with van der Waals surface area (Å²) in [6.45, 7) is 7.89. The third-order valence-electron chi connectivity index (χ3n) is 4.88. The molecule has 1 aromatic carbocycles. The molecule has 5 heteroatoms. The summed E-state index contributed by atoms with van der Waals surface area (Å²) in [5.41, 5.74) is 0.680. The fourth-order valence-electron chi connectivity index (χ4n) is 3.34. The van der Waals surface area contributed by atoms with Gasteiger partial charge in [0.1, 0.15) is 0 Å². The van der Waals surface area contributed by atoms with E-state index in [1.165, 1.54) is 6.92 Å². The number of rotatable bonds is 13. The van der Waals surface area contributed by atoms with Crippen molar-refractivity contribution in [3.05, 3.63) is 35.9 Å². The Kier molecular flexibility index (Phi) is 11.7. The second kappa shape index (κ2) is 13.2. The molecule has 0 saturated heterocycles. The number of esters is 1. The molecular formula is C22H36O4Sn. The van der Waals surface area contributed by atoms with Gasteiger partial charge >= 0.3 is 170 Å². The van der Waals surface area contributed by atoms with Crippen LogP contribution in [-0.2, 0) is 17.4 Å². The van der Waals surface area contributed by atoms with E-state index >= 15 is 0 Å². The Morgan fingerprint density at radius 2 is 1.37 bits per heavy atom. The molecule has 0 aliphatic rings. The van der Waals surface area contributed by atoms with Crippen LogP contribution in [0.5, 0.6) is 0 Å². The molecule has 0 heterocycles. The molecule has 0 amide bonds. The maximum absolute atomic E-state index is 13.1. The van der Waals surface area contributed by atoms with Crippen molar-refractivity contribution in [2.45, 2.75) is 85.6 Å². The van der Waals surface area contributed by atoms with Crippen LogP contribution in [-0.4, -0.2) is 30.7 Å². The Hall–Kier alpha value is -1.04. The topological polar surface area (TPSA) is 52.6 Å². The first kappa shape index (κ1) is 24.0. The number of hydrogen-bond donors (Lipinski definition) is 0. The Morgan fingerprint density at radius 1 is 0.889 bits per heavy atom.